The Morgan fingerprint density at radius 2 is 1.95 bits per heavy atom. The van der Waals surface area contributed by atoms with E-state index in [4.69, 9.17) is 0 Å². The fourth-order valence-corrected chi connectivity index (χ4v) is 1.67. The summed E-state index contributed by atoms with van der Waals surface area (Å²) in [6.07, 6.45) is 1.68. The van der Waals surface area contributed by atoms with Gasteiger partial charge in [-0.25, -0.2) is 9.37 Å². The zero-order valence-electron chi connectivity index (χ0n) is 11.7. The first-order valence-electron chi connectivity index (χ1n) is 6.69. The quantitative estimate of drug-likeness (QED) is 0.848. The van der Waals surface area contributed by atoms with Crippen molar-refractivity contribution in [1.82, 2.24) is 9.97 Å². The van der Waals surface area contributed by atoms with E-state index < -0.39 is 0 Å². The normalized spacial score (nSPS) is 10.6. The molecule has 106 valence electrons. The molecular weight excluding hydrogens is 255 g/mol. The first-order valence-corrected chi connectivity index (χ1v) is 6.69. The van der Waals surface area contributed by atoms with E-state index in [9.17, 15) is 4.39 Å². The third-order valence-electron chi connectivity index (χ3n) is 2.74. The topological polar surface area (TPSA) is 49.8 Å². The number of benzene rings is 1. The van der Waals surface area contributed by atoms with Gasteiger partial charge in [0.25, 0.3) is 0 Å². The van der Waals surface area contributed by atoms with Crippen molar-refractivity contribution in [2.24, 2.45) is 5.92 Å². The molecule has 1 heterocycles. The van der Waals surface area contributed by atoms with Gasteiger partial charge in [-0.15, -0.1) is 0 Å². The molecular formula is C15H19FN4. The molecule has 0 unspecified atom stereocenters. The maximum Gasteiger partial charge on any atom is 0.224 e. The van der Waals surface area contributed by atoms with Crippen LogP contribution in [0.2, 0.25) is 0 Å². The lowest BCUT2D eigenvalue weighted by Crippen LogP contribution is -2.11. The number of anilines is 2. The zero-order chi connectivity index (χ0) is 14.4. The lowest BCUT2D eigenvalue weighted by atomic mass is 10.2. The standard InChI is InChI=1S/C15H19FN4/c1-11(2)9-18-14-7-8-17-15(20-14)19-10-12-5-3-4-6-13(12)16/h3-8,11H,9-10H2,1-2H3,(H2,17,18,19,20). The minimum absolute atomic E-state index is 0.228. The van der Waals surface area contributed by atoms with Crippen LogP contribution in [0.3, 0.4) is 0 Å². The largest absolute Gasteiger partial charge is 0.370 e. The predicted molar refractivity (Wildman–Crippen MR) is 79.1 cm³/mol. The number of nitrogens with one attached hydrogen (secondary N) is 2. The molecule has 2 N–H and O–H groups in total. The van der Waals surface area contributed by atoms with Crippen LogP contribution in [-0.2, 0) is 6.54 Å². The van der Waals surface area contributed by atoms with Crippen LogP contribution in [0.1, 0.15) is 19.4 Å². The van der Waals surface area contributed by atoms with E-state index in [1.807, 2.05) is 12.1 Å². The Balaban J connectivity index is 1.96. The molecule has 5 heteroatoms. The molecule has 1 aromatic heterocycles. The lowest BCUT2D eigenvalue weighted by Gasteiger charge is -2.10. The Morgan fingerprint density at radius 3 is 2.70 bits per heavy atom. The molecule has 0 aliphatic heterocycles. The van der Waals surface area contributed by atoms with Gasteiger partial charge in [-0.3, -0.25) is 0 Å². The van der Waals surface area contributed by atoms with Crippen molar-refractivity contribution in [2.75, 3.05) is 17.2 Å². The van der Waals surface area contributed by atoms with Crippen molar-refractivity contribution >= 4 is 11.8 Å². The van der Waals surface area contributed by atoms with Gasteiger partial charge < -0.3 is 10.6 Å². The average Bonchev–Trinajstić information content (AvgIpc) is 2.45. The SMILES string of the molecule is CC(C)CNc1ccnc(NCc2ccccc2F)n1. The van der Waals surface area contributed by atoms with E-state index in [2.05, 4.69) is 34.4 Å². The Labute approximate surface area is 118 Å². The first-order chi connectivity index (χ1) is 9.65. The van der Waals surface area contributed by atoms with Crippen LogP contribution in [0, 0.1) is 11.7 Å². The minimum atomic E-state index is -0.228. The number of rotatable bonds is 6. The van der Waals surface area contributed by atoms with Crippen LogP contribution < -0.4 is 10.6 Å². The van der Waals surface area contributed by atoms with E-state index >= 15 is 0 Å². The van der Waals surface area contributed by atoms with Crippen LogP contribution in [-0.4, -0.2) is 16.5 Å². The highest BCUT2D eigenvalue weighted by Gasteiger charge is 2.03. The second-order valence-corrected chi connectivity index (χ2v) is 4.99. The van der Waals surface area contributed by atoms with E-state index in [0.717, 1.165) is 12.4 Å². The Kier molecular flexibility index (Phi) is 4.87. The number of hydrogen-bond acceptors (Lipinski definition) is 4. The van der Waals surface area contributed by atoms with Crippen molar-refractivity contribution in [3.63, 3.8) is 0 Å². The molecule has 0 fully saturated rings. The summed E-state index contributed by atoms with van der Waals surface area (Å²) in [5, 5.41) is 6.26. The summed E-state index contributed by atoms with van der Waals surface area (Å²) in [6, 6.07) is 8.48. The summed E-state index contributed by atoms with van der Waals surface area (Å²) < 4.78 is 13.5. The monoisotopic (exact) mass is 274 g/mol. The smallest absolute Gasteiger partial charge is 0.224 e. The van der Waals surface area contributed by atoms with Gasteiger partial charge in [0.15, 0.2) is 0 Å². The van der Waals surface area contributed by atoms with Crippen LogP contribution >= 0.6 is 0 Å². The maximum atomic E-state index is 13.5. The molecule has 0 bridgehead atoms. The molecule has 0 atom stereocenters. The third-order valence-corrected chi connectivity index (χ3v) is 2.74. The third kappa shape index (κ3) is 4.19. The molecule has 0 radical (unpaired) electrons. The molecule has 0 aliphatic carbocycles. The summed E-state index contributed by atoms with van der Waals surface area (Å²) in [6.45, 7) is 5.47. The van der Waals surface area contributed by atoms with Gasteiger partial charge >= 0.3 is 0 Å². The van der Waals surface area contributed by atoms with Crippen molar-refractivity contribution in [2.45, 2.75) is 20.4 Å². The molecule has 2 rings (SSSR count). The highest BCUT2D eigenvalue weighted by molar-refractivity contribution is 5.40. The van der Waals surface area contributed by atoms with Gasteiger partial charge in [0.2, 0.25) is 5.95 Å². The fraction of sp³-hybridized carbons (Fsp3) is 0.333. The van der Waals surface area contributed by atoms with Crippen LogP contribution in [0.5, 0.6) is 0 Å². The van der Waals surface area contributed by atoms with Gasteiger partial charge in [0, 0.05) is 24.8 Å². The van der Waals surface area contributed by atoms with Crippen molar-refractivity contribution in [1.29, 1.82) is 0 Å². The van der Waals surface area contributed by atoms with Gasteiger partial charge in [-0.1, -0.05) is 32.0 Å². The maximum absolute atomic E-state index is 13.5. The second-order valence-electron chi connectivity index (χ2n) is 4.99. The van der Waals surface area contributed by atoms with Crippen molar-refractivity contribution in [3.8, 4) is 0 Å². The highest BCUT2D eigenvalue weighted by atomic mass is 19.1. The molecule has 1 aromatic carbocycles. The van der Waals surface area contributed by atoms with Gasteiger partial charge in [0.1, 0.15) is 11.6 Å². The number of nitrogens with zero attached hydrogens (tertiary/aromatic N) is 2. The van der Waals surface area contributed by atoms with Crippen molar-refractivity contribution < 1.29 is 4.39 Å². The molecule has 0 saturated carbocycles. The van der Waals surface area contributed by atoms with E-state index in [1.165, 1.54) is 6.07 Å². The lowest BCUT2D eigenvalue weighted by molar-refractivity contribution is 0.612. The van der Waals surface area contributed by atoms with Crippen LogP contribution in [0.4, 0.5) is 16.2 Å². The van der Waals surface area contributed by atoms with Crippen LogP contribution in [0.25, 0.3) is 0 Å². The van der Waals surface area contributed by atoms with E-state index in [1.54, 1.807) is 18.3 Å². The molecule has 0 amide bonds. The Bertz CT molecular complexity index is 557. The van der Waals surface area contributed by atoms with Gasteiger partial charge in [-0.2, -0.15) is 4.98 Å². The number of aromatic nitrogens is 2. The first kappa shape index (κ1) is 14.2. The number of halogens is 1. The van der Waals surface area contributed by atoms with Gasteiger partial charge in [-0.05, 0) is 18.1 Å². The molecule has 0 spiro atoms. The summed E-state index contributed by atoms with van der Waals surface area (Å²) >= 11 is 0. The second kappa shape index (κ2) is 6.84. The minimum Gasteiger partial charge on any atom is -0.370 e. The van der Waals surface area contributed by atoms with Crippen molar-refractivity contribution in [3.05, 3.63) is 47.9 Å². The summed E-state index contributed by atoms with van der Waals surface area (Å²) in [4.78, 5) is 8.46. The molecule has 20 heavy (non-hydrogen) atoms. The Morgan fingerprint density at radius 1 is 1.15 bits per heavy atom. The van der Waals surface area contributed by atoms with Gasteiger partial charge in [0.05, 0.1) is 0 Å². The summed E-state index contributed by atoms with van der Waals surface area (Å²) in [5.74, 6) is 1.57. The van der Waals surface area contributed by atoms with E-state index in [-0.39, 0.29) is 5.82 Å². The Hall–Kier alpha value is -2.17. The highest BCUT2D eigenvalue weighted by Crippen LogP contribution is 2.10. The van der Waals surface area contributed by atoms with E-state index in [0.29, 0.717) is 24.0 Å². The average molecular weight is 274 g/mol. The fourth-order valence-electron chi connectivity index (χ4n) is 1.67. The molecule has 0 saturated heterocycles. The molecule has 0 aliphatic rings. The van der Waals surface area contributed by atoms with Crippen LogP contribution in [0.15, 0.2) is 36.5 Å². The number of hydrogen-bond donors (Lipinski definition) is 2. The molecule has 2 aromatic rings. The summed E-state index contributed by atoms with van der Waals surface area (Å²) in [7, 11) is 0. The molecule has 4 nitrogen and oxygen atoms in total. The predicted octanol–water partition coefficient (Wildman–Crippen LogP) is 3.30. The zero-order valence-corrected chi connectivity index (χ0v) is 11.7. The summed E-state index contributed by atoms with van der Waals surface area (Å²) in [5.41, 5.74) is 0.594.